The normalized spacial score (nSPS) is 19.9. The molecule has 11 heteroatoms. The van der Waals surface area contributed by atoms with Crippen molar-refractivity contribution in [1.29, 1.82) is 0 Å². The maximum Gasteiger partial charge on any atom is 0.573 e. The van der Waals surface area contributed by atoms with Gasteiger partial charge in [-0.3, -0.25) is 4.79 Å². The van der Waals surface area contributed by atoms with Crippen molar-refractivity contribution in [2.75, 3.05) is 0 Å². The van der Waals surface area contributed by atoms with Crippen molar-refractivity contribution < 1.29 is 41.7 Å². The third kappa shape index (κ3) is 6.34. The standard InChI is InChI=1S/C27H28ClF4NO5/c1-26(2,3)23-7-6-22(25(35)36)33(23)24(34)20-12-19(14-4-5-14)15(8-21(20)29)13-37-17-9-16(28)10-18(11-17)38-27(30,31)32/h8-12,14,22-23H,4-7,13H2,1-3H3,(H,35,36). The monoisotopic (exact) mass is 557 g/mol. The lowest BCUT2D eigenvalue weighted by Crippen LogP contribution is -2.49. The van der Waals surface area contributed by atoms with Gasteiger partial charge in [0.2, 0.25) is 0 Å². The molecule has 0 radical (unpaired) electrons. The molecule has 6 nitrogen and oxygen atoms in total. The fourth-order valence-electron chi connectivity index (χ4n) is 4.99. The number of nitrogens with zero attached hydrogens (tertiary/aromatic N) is 1. The molecule has 4 rings (SSSR count). The molecule has 1 aliphatic carbocycles. The number of alkyl halides is 3. The number of ether oxygens (including phenoxy) is 2. The van der Waals surface area contributed by atoms with Gasteiger partial charge >= 0.3 is 12.3 Å². The first kappa shape index (κ1) is 28.0. The van der Waals surface area contributed by atoms with Crippen LogP contribution in [0, 0.1) is 11.2 Å². The molecule has 1 amide bonds. The number of likely N-dealkylation sites (tertiary alicyclic amines) is 1. The Hall–Kier alpha value is -3.01. The van der Waals surface area contributed by atoms with Crippen molar-refractivity contribution in [3.05, 3.63) is 57.9 Å². The van der Waals surface area contributed by atoms with Gasteiger partial charge in [-0.05, 0) is 72.4 Å². The summed E-state index contributed by atoms with van der Waals surface area (Å²) in [5, 5.41) is 9.69. The Morgan fingerprint density at radius 2 is 1.68 bits per heavy atom. The van der Waals surface area contributed by atoms with Crippen LogP contribution in [-0.4, -0.2) is 40.3 Å². The van der Waals surface area contributed by atoms with Crippen molar-refractivity contribution in [3.8, 4) is 11.5 Å². The Morgan fingerprint density at radius 3 is 2.26 bits per heavy atom. The minimum Gasteiger partial charge on any atom is -0.489 e. The molecule has 2 fully saturated rings. The highest BCUT2D eigenvalue weighted by Gasteiger charge is 2.46. The number of hydrogen-bond donors (Lipinski definition) is 1. The van der Waals surface area contributed by atoms with Crippen LogP contribution in [0.5, 0.6) is 11.5 Å². The second-order valence-corrected chi connectivity index (χ2v) is 11.2. The molecular formula is C27H28ClF4NO5. The number of carboxylic acids is 1. The second-order valence-electron chi connectivity index (χ2n) is 10.8. The van der Waals surface area contributed by atoms with Crippen LogP contribution in [0.15, 0.2) is 30.3 Å². The van der Waals surface area contributed by atoms with Crippen LogP contribution in [0.2, 0.25) is 5.02 Å². The van der Waals surface area contributed by atoms with E-state index in [4.69, 9.17) is 16.3 Å². The van der Waals surface area contributed by atoms with Gasteiger partial charge in [-0.15, -0.1) is 13.2 Å². The Kier molecular flexibility index (Phi) is 7.58. The van der Waals surface area contributed by atoms with Gasteiger partial charge < -0.3 is 19.5 Å². The number of rotatable bonds is 7. The molecule has 1 heterocycles. The van der Waals surface area contributed by atoms with Crippen molar-refractivity contribution in [2.45, 2.75) is 77.4 Å². The molecule has 2 unspecified atom stereocenters. The fourth-order valence-corrected chi connectivity index (χ4v) is 5.21. The molecule has 0 bridgehead atoms. The van der Waals surface area contributed by atoms with Crippen LogP contribution in [-0.2, 0) is 11.4 Å². The first-order chi connectivity index (χ1) is 17.6. The van der Waals surface area contributed by atoms with Gasteiger partial charge in [0.25, 0.3) is 5.91 Å². The summed E-state index contributed by atoms with van der Waals surface area (Å²) < 4.78 is 62.8. The lowest BCUT2D eigenvalue weighted by atomic mass is 9.85. The molecular weight excluding hydrogens is 530 g/mol. The summed E-state index contributed by atoms with van der Waals surface area (Å²) in [5.74, 6) is -3.13. The zero-order chi connectivity index (χ0) is 28.0. The van der Waals surface area contributed by atoms with E-state index in [1.807, 2.05) is 20.8 Å². The van der Waals surface area contributed by atoms with Gasteiger partial charge in [0.1, 0.15) is 30.0 Å². The number of carbonyl (C=O) groups excluding carboxylic acids is 1. The maximum absolute atomic E-state index is 15.4. The van der Waals surface area contributed by atoms with Crippen molar-refractivity contribution >= 4 is 23.5 Å². The average molecular weight is 558 g/mol. The average Bonchev–Trinajstić information content (AvgIpc) is 3.51. The number of aliphatic carboxylic acids is 1. The number of carbonyl (C=O) groups is 2. The van der Waals surface area contributed by atoms with E-state index in [-0.39, 0.29) is 41.3 Å². The van der Waals surface area contributed by atoms with Gasteiger partial charge in [0.05, 0.1) is 5.56 Å². The first-order valence-corrected chi connectivity index (χ1v) is 12.6. The molecule has 0 aromatic heterocycles. The van der Waals surface area contributed by atoms with Gasteiger partial charge in [-0.2, -0.15) is 0 Å². The van der Waals surface area contributed by atoms with E-state index >= 15 is 4.39 Å². The summed E-state index contributed by atoms with van der Waals surface area (Å²) in [6.45, 7) is 5.55. The topological polar surface area (TPSA) is 76.1 Å². The Morgan fingerprint density at radius 1 is 1.03 bits per heavy atom. The third-order valence-electron chi connectivity index (χ3n) is 6.85. The van der Waals surface area contributed by atoms with Crippen LogP contribution >= 0.6 is 11.6 Å². The molecule has 1 aliphatic heterocycles. The van der Waals surface area contributed by atoms with Gasteiger partial charge in [0.15, 0.2) is 0 Å². The highest BCUT2D eigenvalue weighted by Crippen LogP contribution is 2.44. The molecule has 2 atom stereocenters. The number of carboxylic acid groups (broad SMARTS) is 1. The minimum atomic E-state index is -4.91. The van der Waals surface area contributed by atoms with E-state index in [9.17, 15) is 27.9 Å². The SMILES string of the molecule is CC(C)(C)C1CCC(C(=O)O)N1C(=O)c1cc(C2CC2)c(COc2cc(Cl)cc(OC(F)(F)F)c2)cc1F. The summed E-state index contributed by atoms with van der Waals surface area (Å²) >= 11 is 5.90. The van der Waals surface area contributed by atoms with Crippen molar-refractivity contribution in [2.24, 2.45) is 5.41 Å². The van der Waals surface area contributed by atoms with Crippen LogP contribution in [0.4, 0.5) is 17.6 Å². The highest BCUT2D eigenvalue weighted by molar-refractivity contribution is 6.30. The molecule has 206 valence electrons. The third-order valence-corrected chi connectivity index (χ3v) is 7.07. The zero-order valence-corrected chi connectivity index (χ0v) is 21.8. The second kappa shape index (κ2) is 10.3. The predicted molar refractivity (Wildman–Crippen MR) is 131 cm³/mol. The Labute approximate surface area is 222 Å². The lowest BCUT2D eigenvalue weighted by Gasteiger charge is -2.37. The minimum absolute atomic E-state index is 0.00607. The molecule has 1 N–H and O–H groups in total. The summed E-state index contributed by atoms with van der Waals surface area (Å²) in [4.78, 5) is 26.8. The van der Waals surface area contributed by atoms with E-state index in [0.717, 1.165) is 25.0 Å². The van der Waals surface area contributed by atoms with E-state index in [1.54, 1.807) is 0 Å². The number of benzene rings is 2. The fraction of sp³-hybridized carbons (Fsp3) is 0.481. The van der Waals surface area contributed by atoms with E-state index < -0.39 is 41.3 Å². The number of halogens is 5. The smallest absolute Gasteiger partial charge is 0.489 e. The van der Waals surface area contributed by atoms with Crippen molar-refractivity contribution in [1.82, 2.24) is 4.90 Å². The predicted octanol–water partition coefficient (Wildman–Crippen LogP) is 6.94. The highest BCUT2D eigenvalue weighted by atomic mass is 35.5. The summed E-state index contributed by atoms with van der Waals surface area (Å²) in [6.07, 6.45) is -2.49. The Balaban J connectivity index is 1.62. The Bertz CT molecular complexity index is 1240. The van der Waals surface area contributed by atoms with Crippen molar-refractivity contribution in [3.63, 3.8) is 0 Å². The molecule has 1 saturated heterocycles. The number of amides is 1. The maximum atomic E-state index is 15.4. The summed E-state index contributed by atoms with van der Waals surface area (Å²) in [5.41, 5.74) is 0.502. The quantitative estimate of drug-likeness (QED) is 0.373. The molecule has 2 aromatic carbocycles. The number of hydrogen-bond acceptors (Lipinski definition) is 4. The van der Waals surface area contributed by atoms with Crippen LogP contribution in [0.3, 0.4) is 0 Å². The molecule has 1 saturated carbocycles. The van der Waals surface area contributed by atoms with E-state index in [1.165, 1.54) is 23.1 Å². The van der Waals surface area contributed by atoms with E-state index in [2.05, 4.69) is 4.74 Å². The molecule has 38 heavy (non-hydrogen) atoms. The molecule has 0 spiro atoms. The van der Waals surface area contributed by atoms with Gasteiger partial charge in [-0.1, -0.05) is 32.4 Å². The summed E-state index contributed by atoms with van der Waals surface area (Å²) in [6, 6.07) is 4.54. The van der Waals surface area contributed by atoms with Crippen LogP contribution < -0.4 is 9.47 Å². The lowest BCUT2D eigenvalue weighted by molar-refractivity contribution is -0.274. The van der Waals surface area contributed by atoms with Gasteiger partial charge in [0, 0.05) is 17.1 Å². The van der Waals surface area contributed by atoms with Crippen LogP contribution in [0.25, 0.3) is 0 Å². The largest absolute Gasteiger partial charge is 0.573 e. The zero-order valence-electron chi connectivity index (χ0n) is 21.1. The molecule has 2 aliphatic rings. The van der Waals surface area contributed by atoms with Crippen LogP contribution in [0.1, 0.15) is 73.9 Å². The van der Waals surface area contributed by atoms with E-state index in [0.29, 0.717) is 17.5 Å². The first-order valence-electron chi connectivity index (χ1n) is 12.2. The molecule has 2 aromatic rings. The van der Waals surface area contributed by atoms with Gasteiger partial charge in [-0.25, -0.2) is 9.18 Å². The summed E-state index contributed by atoms with van der Waals surface area (Å²) in [7, 11) is 0.